The maximum atomic E-state index is 6.48. The fourth-order valence-corrected chi connectivity index (χ4v) is 3.76. The van der Waals surface area contributed by atoms with Gasteiger partial charge in [0.2, 0.25) is 0 Å². The van der Waals surface area contributed by atoms with Crippen LogP contribution in [-0.4, -0.2) is 47.6 Å². The van der Waals surface area contributed by atoms with Gasteiger partial charge in [0.15, 0.2) is 0 Å². The van der Waals surface area contributed by atoms with Crippen LogP contribution in [0, 0.1) is 0 Å². The Morgan fingerprint density at radius 2 is 1.81 bits per heavy atom. The van der Waals surface area contributed by atoms with Gasteiger partial charge in [-0.2, -0.15) is 0 Å². The Morgan fingerprint density at radius 3 is 2.54 bits per heavy atom. The molecule has 2 heterocycles. The highest BCUT2D eigenvalue weighted by Crippen LogP contribution is 2.21. The summed E-state index contributed by atoms with van der Waals surface area (Å²) in [6.45, 7) is 7.14. The number of hydrogen-bond acceptors (Lipinski definition) is 4. The van der Waals surface area contributed by atoms with Crippen molar-refractivity contribution < 1.29 is 0 Å². The molecule has 26 heavy (non-hydrogen) atoms. The average molecular weight is 349 g/mol. The van der Waals surface area contributed by atoms with Gasteiger partial charge in [-0.1, -0.05) is 37.3 Å². The molecule has 0 aliphatic carbocycles. The van der Waals surface area contributed by atoms with Gasteiger partial charge in [-0.25, -0.2) is 4.98 Å². The van der Waals surface area contributed by atoms with Crippen molar-refractivity contribution in [3.8, 4) is 0 Å². The second kappa shape index (κ2) is 7.48. The van der Waals surface area contributed by atoms with Gasteiger partial charge in [-0.05, 0) is 30.2 Å². The zero-order valence-electron chi connectivity index (χ0n) is 15.4. The molecule has 1 atom stereocenters. The van der Waals surface area contributed by atoms with E-state index in [4.69, 9.17) is 10.7 Å². The molecular weight excluding hydrogens is 322 g/mol. The molecule has 4 rings (SSSR count). The van der Waals surface area contributed by atoms with Crippen molar-refractivity contribution in [3.63, 3.8) is 0 Å². The summed E-state index contributed by atoms with van der Waals surface area (Å²) in [4.78, 5) is 13.1. The number of anilines is 1. The van der Waals surface area contributed by atoms with Gasteiger partial charge in [0.05, 0.1) is 17.1 Å². The number of nitrogens with one attached hydrogen (secondary N) is 1. The van der Waals surface area contributed by atoms with Crippen molar-refractivity contribution in [2.75, 3.05) is 37.6 Å². The molecule has 0 bridgehead atoms. The number of nitrogens with zero attached hydrogens (tertiary/aromatic N) is 3. The first-order chi connectivity index (χ1) is 12.7. The van der Waals surface area contributed by atoms with E-state index in [1.165, 1.54) is 11.3 Å². The Bertz CT molecular complexity index is 849. The van der Waals surface area contributed by atoms with Crippen LogP contribution >= 0.6 is 0 Å². The standard InChI is InChI=1S/C21H27N5/c1-2-16-7-6-10-19-20(16)24-21(23-19)18(22)15-25-11-13-26(14-12-25)17-8-4-3-5-9-17/h3-10,18H,2,11-15,22H2,1H3,(H,23,24). The van der Waals surface area contributed by atoms with E-state index < -0.39 is 0 Å². The Labute approximate surface area is 154 Å². The molecule has 1 aliphatic rings. The Morgan fingerprint density at radius 1 is 1.04 bits per heavy atom. The molecule has 0 saturated carbocycles. The van der Waals surface area contributed by atoms with E-state index in [-0.39, 0.29) is 6.04 Å². The lowest BCUT2D eigenvalue weighted by Gasteiger charge is -2.36. The van der Waals surface area contributed by atoms with Crippen molar-refractivity contribution in [2.24, 2.45) is 5.73 Å². The van der Waals surface area contributed by atoms with Gasteiger partial charge in [0.25, 0.3) is 0 Å². The highest BCUT2D eigenvalue weighted by atomic mass is 15.3. The van der Waals surface area contributed by atoms with Crippen molar-refractivity contribution >= 4 is 16.7 Å². The lowest BCUT2D eigenvalue weighted by molar-refractivity contribution is 0.241. The monoisotopic (exact) mass is 349 g/mol. The fourth-order valence-electron chi connectivity index (χ4n) is 3.76. The van der Waals surface area contributed by atoms with E-state index in [1.54, 1.807) is 0 Å². The summed E-state index contributed by atoms with van der Waals surface area (Å²) < 4.78 is 0. The summed E-state index contributed by atoms with van der Waals surface area (Å²) >= 11 is 0. The summed E-state index contributed by atoms with van der Waals surface area (Å²) in [7, 11) is 0. The Hall–Kier alpha value is -2.37. The summed E-state index contributed by atoms with van der Waals surface area (Å²) in [6.07, 6.45) is 0.984. The zero-order valence-corrected chi connectivity index (χ0v) is 15.4. The molecule has 136 valence electrons. The highest BCUT2D eigenvalue weighted by Gasteiger charge is 2.21. The van der Waals surface area contributed by atoms with E-state index >= 15 is 0 Å². The van der Waals surface area contributed by atoms with Crippen LogP contribution in [0.3, 0.4) is 0 Å². The number of aromatic nitrogens is 2. The molecule has 1 aromatic heterocycles. The van der Waals surface area contributed by atoms with Crippen LogP contribution in [0.4, 0.5) is 5.69 Å². The summed E-state index contributed by atoms with van der Waals surface area (Å²) in [6, 6.07) is 16.8. The molecule has 1 unspecified atom stereocenters. The third-order valence-electron chi connectivity index (χ3n) is 5.30. The minimum absolute atomic E-state index is 0.0876. The maximum absolute atomic E-state index is 6.48. The second-order valence-electron chi connectivity index (χ2n) is 7.02. The normalized spacial score (nSPS) is 16.9. The van der Waals surface area contributed by atoms with Crippen molar-refractivity contribution in [3.05, 3.63) is 59.9 Å². The van der Waals surface area contributed by atoms with E-state index in [0.717, 1.165) is 56.0 Å². The lowest BCUT2D eigenvalue weighted by atomic mass is 10.1. The van der Waals surface area contributed by atoms with Gasteiger partial charge in [-0.3, -0.25) is 4.90 Å². The first kappa shape index (κ1) is 17.1. The largest absolute Gasteiger partial charge is 0.369 e. The number of nitrogens with two attached hydrogens (primary N) is 1. The number of para-hydroxylation sites is 2. The number of rotatable bonds is 5. The lowest BCUT2D eigenvalue weighted by Crippen LogP contribution is -2.48. The maximum Gasteiger partial charge on any atom is 0.125 e. The summed E-state index contributed by atoms with van der Waals surface area (Å²) in [5.41, 5.74) is 11.2. The van der Waals surface area contributed by atoms with E-state index in [0.29, 0.717) is 0 Å². The van der Waals surface area contributed by atoms with Crippen LogP contribution in [0.2, 0.25) is 0 Å². The minimum atomic E-state index is -0.0876. The highest BCUT2D eigenvalue weighted by molar-refractivity contribution is 5.78. The Balaban J connectivity index is 1.39. The molecule has 5 nitrogen and oxygen atoms in total. The molecule has 1 fully saturated rings. The molecular formula is C21H27N5. The molecule has 5 heteroatoms. The minimum Gasteiger partial charge on any atom is -0.369 e. The molecule has 1 saturated heterocycles. The molecule has 3 N–H and O–H groups in total. The number of hydrogen-bond donors (Lipinski definition) is 2. The molecule has 1 aliphatic heterocycles. The molecule has 0 amide bonds. The molecule has 0 spiro atoms. The third-order valence-corrected chi connectivity index (χ3v) is 5.30. The second-order valence-corrected chi connectivity index (χ2v) is 7.02. The van der Waals surface area contributed by atoms with Crippen molar-refractivity contribution in [1.29, 1.82) is 0 Å². The van der Waals surface area contributed by atoms with Crippen LogP contribution in [0.25, 0.3) is 11.0 Å². The van der Waals surface area contributed by atoms with Gasteiger partial charge in [-0.15, -0.1) is 0 Å². The van der Waals surface area contributed by atoms with Crippen LogP contribution < -0.4 is 10.6 Å². The smallest absolute Gasteiger partial charge is 0.125 e. The topological polar surface area (TPSA) is 61.2 Å². The number of fused-ring (bicyclic) bond motifs is 1. The molecule has 2 aromatic carbocycles. The predicted molar refractivity (Wildman–Crippen MR) is 107 cm³/mol. The first-order valence-corrected chi connectivity index (χ1v) is 9.50. The fraction of sp³-hybridized carbons (Fsp3) is 0.381. The van der Waals surface area contributed by atoms with E-state index in [9.17, 15) is 0 Å². The summed E-state index contributed by atoms with van der Waals surface area (Å²) in [5, 5.41) is 0. The van der Waals surface area contributed by atoms with Gasteiger partial charge in [0, 0.05) is 38.4 Å². The average Bonchev–Trinajstić information content (AvgIpc) is 3.14. The van der Waals surface area contributed by atoms with E-state index in [1.807, 2.05) is 0 Å². The first-order valence-electron chi connectivity index (χ1n) is 9.50. The van der Waals surface area contributed by atoms with Crippen LogP contribution in [-0.2, 0) is 6.42 Å². The van der Waals surface area contributed by atoms with Crippen LogP contribution in [0.5, 0.6) is 0 Å². The quantitative estimate of drug-likeness (QED) is 0.743. The number of H-pyrrole nitrogens is 1. The van der Waals surface area contributed by atoms with Crippen LogP contribution in [0.15, 0.2) is 48.5 Å². The number of aromatic amines is 1. The predicted octanol–water partition coefficient (Wildman–Crippen LogP) is 2.95. The summed E-state index contributed by atoms with van der Waals surface area (Å²) in [5.74, 6) is 0.895. The van der Waals surface area contributed by atoms with Gasteiger partial charge >= 0.3 is 0 Å². The van der Waals surface area contributed by atoms with Gasteiger partial charge in [0.1, 0.15) is 5.82 Å². The number of imidazole rings is 1. The van der Waals surface area contributed by atoms with Gasteiger partial charge < -0.3 is 15.6 Å². The van der Waals surface area contributed by atoms with Crippen LogP contribution in [0.1, 0.15) is 24.4 Å². The van der Waals surface area contributed by atoms with Crippen molar-refractivity contribution in [1.82, 2.24) is 14.9 Å². The Kier molecular flexibility index (Phi) is 4.91. The molecule has 3 aromatic rings. The SMILES string of the molecule is CCc1cccc2[nH]c(C(N)CN3CCN(c4ccccc4)CC3)nc12. The number of benzene rings is 2. The molecule has 0 radical (unpaired) electrons. The van der Waals surface area contributed by atoms with Crippen molar-refractivity contribution in [2.45, 2.75) is 19.4 Å². The zero-order chi connectivity index (χ0) is 17.9. The third kappa shape index (κ3) is 3.45. The number of aryl methyl sites for hydroxylation is 1. The number of piperazine rings is 1. The van der Waals surface area contributed by atoms with E-state index in [2.05, 4.69) is 70.2 Å².